The van der Waals surface area contributed by atoms with Crippen LogP contribution in [-0.2, 0) is 0 Å². The van der Waals surface area contributed by atoms with Crippen LogP contribution in [0.4, 0.5) is 17.1 Å². The number of fused-ring (bicyclic) bond motifs is 6. The van der Waals surface area contributed by atoms with Gasteiger partial charge in [0.2, 0.25) is 0 Å². The standard InChI is InChI=1S/C50H33NO/c1-2-15-39(16-3-1)51(40-29-26-35(27-30-40)43-22-11-13-34-12-4-5-18-42(34)43)41-17-10-14-37(32-41)44-19-6-7-20-45(44)38-25-24-36-28-31-49-50(47(36)33-38)46-21-8-9-23-48(46)52-49/h1-33H. The first-order valence-corrected chi connectivity index (χ1v) is 17.8. The zero-order chi connectivity index (χ0) is 34.4. The Morgan fingerprint density at radius 3 is 1.73 bits per heavy atom. The molecule has 10 rings (SSSR count). The molecule has 0 spiro atoms. The predicted molar refractivity (Wildman–Crippen MR) is 220 cm³/mol. The van der Waals surface area contributed by atoms with Gasteiger partial charge in [0.1, 0.15) is 11.2 Å². The SMILES string of the molecule is c1ccc(N(c2ccc(-c3cccc4ccccc34)cc2)c2cccc(-c3ccccc3-c3ccc4ccc5oc6ccccc6c5c4c3)c2)cc1. The Bertz CT molecular complexity index is 2900. The molecule has 2 nitrogen and oxygen atoms in total. The third-order valence-electron chi connectivity index (χ3n) is 10.3. The van der Waals surface area contributed by atoms with Crippen LogP contribution in [0.15, 0.2) is 205 Å². The molecule has 0 fully saturated rings. The predicted octanol–water partition coefficient (Wildman–Crippen LogP) is 14.4. The van der Waals surface area contributed by atoms with Crippen LogP contribution in [0.3, 0.4) is 0 Å². The second-order valence-electron chi connectivity index (χ2n) is 13.3. The van der Waals surface area contributed by atoms with Crippen LogP contribution in [-0.4, -0.2) is 0 Å². The van der Waals surface area contributed by atoms with E-state index >= 15 is 0 Å². The molecule has 0 radical (unpaired) electrons. The van der Waals surface area contributed by atoms with Gasteiger partial charge in [-0.15, -0.1) is 0 Å². The molecule has 0 unspecified atom stereocenters. The van der Waals surface area contributed by atoms with Gasteiger partial charge in [-0.05, 0) is 110 Å². The Balaban J connectivity index is 1.07. The molecule has 0 saturated carbocycles. The minimum atomic E-state index is 0.915. The highest BCUT2D eigenvalue weighted by Gasteiger charge is 2.17. The molecule has 1 heterocycles. The first-order chi connectivity index (χ1) is 25.8. The molecule has 9 aromatic carbocycles. The zero-order valence-corrected chi connectivity index (χ0v) is 28.4. The van der Waals surface area contributed by atoms with Gasteiger partial charge in [0, 0.05) is 27.8 Å². The number of anilines is 3. The zero-order valence-electron chi connectivity index (χ0n) is 28.4. The number of para-hydroxylation sites is 2. The fourth-order valence-corrected chi connectivity index (χ4v) is 7.80. The van der Waals surface area contributed by atoms with Crippen molar-refractivity contribution in [2.45, 2.75) is 0 Å². The molecule has 0 aliphatic carbocycles. The maximum Gasteiger partial charge on any atom is 0.136 e. The van der Waals surface area contributed by atoms with Crippen molar-refractivity contribution in [1.29, 1.82) is 0 Å². The Labute approximate surface area is 302 Å². The highest BCUT2D eigenvalue weighted by atomic mass is 16.3. The summed E-state index contributed by atoms with van der Waals surface area (Å²) in [6.45, 7) is 0. The highest BCUT2D eigenvalue weighted by Crippen LogP contribution is 2.42. The number of rotatable bonds is 6. The van der Waals surface area contributed by atoms with Crippen LogP contribution >= 0.6 is 0 Å². The summed E-state index contributed by atoms with van der Waals surface area (Å²) in [5, 5.41) is 7.22. The quantitative estimate of drug-likeness (QED) is 0.176. The van der Waals surface area contributed by atoms with Crippen LogP contribution in [0.1, 0.15) is 0 Å². The highest BCUT2D eigenvalue weighted by molar-refractivity contribution is 6.19. The van der Waals surface area contributed by atoms with Crippen LogP contribution in [0, 0.1) is 0 Å². The second-order valence-corrected chi connectivity index (χ2v) is 13.3. The summed E-state index contributed by atoms with van der Waals surface area (Å²) in [7, 11) is 0. The Morgan fingerprint density at radius 2 is 0.885 bits per heavy atom. The number of furan rings is 1. The van der Waals surface area contributed by atoms with Crippen LogP contribution in [0.25, 0.3) is 76.9 Å². The summed E-state index contributed by atoms with van der Waals surface area (Å²) < 4.78 is 6.25. The van der Waals surface area contributed by atoms with E-state index in [9.17, 15) is 0 Å². The lowest BCUT2D eigenvalue weighted by atomic mass is 9.92. The van der Waals surface area contributed by atoms with E-state index in [1.165, 1.54) is 54.7 Å². The summed E-state index contributed by atoms with van der Waals surface area (Å²) in [5.74, 6) is 0. The number of hydrogen-bond donors (Lipinski definition) is 0. The summed E-state index contributed by atoms with van der Waals surface area (Å²) in [6.07, 6.45) is 0. The van der Waals surface area contributed by atoms with Gasteiger partial charge in [-0.25, -0.2) is 0 Å². The fraction of sp³-hybridized carbons (Fsp3) is 0. The van der Waals surface area contributed by atoms with Gasteiger partial charge in [-0.1, -0.05) is 146 Å². The molecule has 0 aliphatic rings. The van der Waals surface area contributed by atoms with E-state index in [-0.39, 0.29) is 0 Å². The van der Waals surface area contributed by atoms with Crippen molar-refractivity contribution in [2.24, 2.45) is 0 Å². The maximum atomic E-state index is 6.25. The van der Waals surface area contributed by atoms with Gasteiger partial charge in [0.25, 0.3) is 0 Å². The van der Waals surface area contributed by atoms with Gasteiger partial charge < -0.3 is 9.32 Å². The third-order valence-corrected chi connectivity index (χ3v) is 10.3. The van der Waals surface area contributed by atoms with Crippen molar-refractivity contribution >= 4 is 60.5 Å². The molecule has 2 heteroatoms. The molecule has 0 amide bonds. The van der Waals surface area contributed by atoms with Gasteiger partial charge in [0.15, 0.2) is 0 Å². The normalized spacial score (nSPS) is 11.5. The van der Waals surface area contributed by atoms with E-state index in [4.69, 9.17) is 4.42 Å². The summed E-state index contributed by atoms with van der Waals surface area (Å²) >= 11 is 0. The van der Waals surface area contributed by atoms with Crippen LogP contribution in [0.5, 0.6) is 0 Å². The van der Waals surface area contributed by atoms with Gasteiger partial charge in [-0.3, -0.25) is 0 Å². The third kappa shape index (κ3) is 5.12. The monoisotopic (exact) mass is 663 g/mol. The molecule has 0 aliphatic heterocycles. The lowest BCUT2D eigenvalue weighted by Crippen LogP contribution is -2.09. The van der Waals surface area contributed by atoms with Crippen molar-refractivity contribution in [3.8, 4) is 33.4 Å². The molecule has 244 valence electrons. The molecule has 52 heavy (non-hydrogen) atoms. The molecule has 10 aromatic rings. The lowest BCUT2D eigenvalue weighted by molar-refractivity contribution is 0.669. The minimum absolute atomic E-state index is 0.915. The molecule has 0 N–H and O–H groups in total. The maximum absolute atomic E-state index is 6.25. The second kappa shape index (κ2) is 12.5. The van der Waals surface area contributed by atoms with Crippen molar-refractivity contribution < 1.29 is 4.42 Å². The molecular formula is C50H33NO. The van der Waals surface area contributed by atoms with E-state index in [1.54, 1.807) is 0 Å². The Morgan fingerprint density at radius 1 is 0.308 bits per heavy atom. The molecule has 0 atom stereocenters. The van der Waals surface area contributed by atoms with Crippen molar-refractivity contribution in [3.63, 3.8) is 0 Å². The van der Waals surface area contributed by atoms with E-state index in [2.05, 4.69) is 193 Å². The first kappa shape index (κ1) is 30.0. The summed E-state index contributed by atoms with van der Waals surface area (Å²) in [4.78, 5) is 2.34. The fourth-order valence-electron chi connectivity index (χ4n) is 7.80. The number of benzene rings is 9. The first-order valence-electron chi connectivity index (χ1n) is 17.8. The lowest BCUT2D eigenvalue weighted by Gasteiger charge is -2.26. The molecule has 1 aromatic heterocycles. The average molecular weight is 664 g/mol. The number of nitrogens with zero attached hydrogens (tertiary/aromatic N) is 1. The van der Waals surface area contributed by atoms with Gasteiger partial charge in [-0.2, -0.15) is 0 Å². The van der Waals surface area contributed by atoms with Crippen LogP contribution in [0.2, 0.25) is 0 Å². The van der Waals surface area contributed by atoms with E-state index < -0.39 is 0 Å². The topological polar surface area (TPSA) is 16.4 Å². The van der Waals surface area contributed by atoms with Crippen molar-refractivity contribution in [2.75, 3.05) is 4.90 Å². The Kier molecular flexibility index (Phi) is 7.18. The summed E-state index contributed by atoms with van der Waals surface area (Å²) in [5.41, 5.74) is 12.3. The average Bonchev–Trinajstić information content (AvgIpc) is 3.61. The largest absolute Gasteiger partial charge is 0.456 e. The van der Waals surface area contributed by atoms with Crippen molar-refractivity contribution in [1.82, 2.24) is 0 Å². The van der Waals surface area contributed by atoms with Crippen molar-refractivity contribution in [3.05, 3.63) is 200 Å². The summed E-state index contributed by atoms with van der Waals surface area (Å²) in [6, 6.07) is 71.7. The van der Waals surface area contributed by atoms with E-state index in [1.807, 2.05) is 12.1 Å². The van der Waals surface area contributed by atoms with Crippen LogP contribution < -0.4 is 4.90 Å². The minimum Gasteiger partial charge on any atom is -0.456 e. The smallest absolute Gasteiger partial charge is 0.136 e. The molecular weight excluding hydrogens is 631 g/mol. The van der Waals surface area contributed by atoms with E-state index in [0.717, 1.165) is 39.2 Å². The Hall–Kier alpha value is -6.90. The molecule has 0 bridgehead atoms. The van der Waals surface area contributed by atoms with E-state index in [0.29, 0.717) is 0 Å². The van der Waals surface area contributed by atoms with Gasteiger partial charge >= 0.3 is 0 Å². The van der Waals surface area contributed by atoms with Gasteiger partial charge in [0.05, 0.1) is 0 Å². The molecule has 0 saturated heterocycles. The number of hydrogen-bond acceptors (Lipinski definition) is 2.